The molecular weight excluding hydrogens is 274 g/mol. The Labute approximate surface area is 114 Å². The summed E-state index contributed by atoms with van der Waals surface area (Å²) < 4.78 is 0.524. The number of hydrogen-bond acceptors (Lipinski definition) is 4. The van der Waals surface area contributed by atoms with Crippen LogP contribution in [0.1, 0.15) is 26.2 Å². The zero-order chi connectivity index (χ0) is 13.1. The molecule has 0 bridgehead atoms. The summed E-state index contributed by atoms with van der Waals surface area (Å²) in [7, 11) is 0. The quantitative estimate of drug-likeness (QED) is 0.923. The number of hydrogen-bond donors (Lipinski definition) is 1. The Morgan fingerprint density at radius 1 is 1.72 bits per heavy atom. The van der Waals surface area contributed by atoms with Gasteiger partial charge in [-0.25, -0.2) is 4.98 Å². The van der Waals surface area contributed by atoms with Gasteiger partial charge in [0.25, 0.3) is 0 Å². The van der Waals surface area contributed by atoms with E-state index < -0.39 is 6.04 Å². The molecule has 2 amide bonds. The zero-order valence-corrected chi connectivity index (χ0v) is 11.6. The molecule has 1 fully saturated rings. The minimum atomic E-state index is -0.414. The number of amides is 2. The molecule has 0 spiro atoms. The fraction of sp³-hybridized carbons (Fsp3) is 0.545. The summed E-state index contributed by atoms with van der Waals surface area (Å²) in [5, 5.41) is 3.17. The van der Waals surface area contributed by atoms with E-state index >= 15 is 0 Å². The minimum absolute atomic E-state index is 0.0502. The highest BCUT2D eigenvalue weighted by atomic mass is 35.5. The maximum Gasteiger partial charge on any atom is 0.248 e. The Morgan fingerprint density at radius 2 is 2.50 bits per heavy atom. The van der Waals surface area contributed by atoms with Crippen molar-refractivity contribution in [3.05, 3.63) is 10.5 Å². The molecule has 1 N–H and O–H groups in total. The summed E-state index contributed by atoms with van der Waals surface area (Å²) in [6, 6.07) is -0.414. The van der Waals surface area contributed by atoms with Crippen LogP contribution in [0.25, 0.3) is 0 Å². The lowest BCUT2D eigenvalue weighted by molar-refractivity contribution is -0.135. The number of likely N-dealkylation sites (tertiary alicyclic amines) is 1. The molecule has 0 unspecified atom stereocenters. The lowest BCUT2D eigenvalue weighted by Gasteiger charge is -2.25. The van der Waals surface area contributed by atoms with E-state index in [4.69, 9.17) is 11.6 Å². The maximum absolute atomic E-state index is 12.1. The van der Waals surface area contributed by atoms with Crippen molar-refractivity contribution in [2.45, 2.75) is 32.2 Å². The monoisotopic (exact) mass is 287 g/mol. The molecule has 5 nitrogen and oxygen atoms in total. The standard InChI is InChI=1S/C11H14ClN3O2S/c1-2-7(15-5-3-4-9(15)16)10(17)14-11-13-6-8(12)18-11/h6-7H,2-5H2,1H3,(H,13,14,17)/t7-/m1/s1. The van der Waals surface area contributed by atoms with Crippen molar-refractivity contribution < 1.29 is 9.59 Å². The fourth-order valence-electron chi connectivity index (χ4n) is 2.05. The molecule has 98 valence electrons. The number of rotatable bonds is 4. The van der Waals surface area contributed by atoms with Gasteiger partial charge in [0.15, 0.2) is 5.13 Å². The van der Waals surface area contributed by atoms with Gasteiger partial charge in [-0.3, -0.25) is 9.59 Å². The number of carbonyl (C=O) groups is 2. The van der Waals surface area contributed by atoms with E-state index in [2.05, 4.69) is 10.3 Å². The van der Waals surface area contributed by atoms with E-state index in [-0.39, 0.29) is 11.8 Å². The average Bonchev–Trinajstić information content (AvgIpc) is 2.90. The first-order chi connectivity index (χ1) is 8.61. The van der Waals surface area contributed by atoms with E-state index in [0.29, 0.717) is 28.9 Å². The van der Waals surface area contributed by atoms with Crippen molar-refractivity contribution in [2.75, 3.05) is 11.9 Å². The highest BCUT2D eigenvalue weighted by Gasteiger charge is 2.31. The van der Waals surface area contributed by atoms with E-state index in [9.17, 15) is 9.59 Å². The minimum Gasteiger partial charge on any atom is -0.331 e. The van der Waals surface area contributed by atoms with Crippen LogP contribution in [0.2, 0.25) is 4.34 Å². The summed E-state index contributed by atoms with van der Waals surface area (Å²) in [6.45, 7) is 2.55. The molecule has 1 aromatic rings. The highest BCUT2D eigenvalue weighted by Crippen LogP contribution is 2.23. The van der Waals surface area contributed by atoms with Crippen LogP contribution >= 0.6 is 22.9 Å². The van der Waals surface area contributed by atoms with Gasteiger partial charge < -0.3 is 10.2 Å². The largest absolute Gasteiger partial charge is 0.331 e. The second kappa shape index (κ2) is 5.67. The Balaban J connectivity index is 2.03. The number of anilines is 1. The average molecular weight is 288 g/mol. The second-order valence-electron chi connectivity index (χ2n) is 4.07. The van der Waals surface area contributed by atoms with Crippen molar-refractivity contribution in [1.82, 2.24) is 9.88 Å². The van der Waals surface area contributed by atoms with Crippen LogP contribution in [0.5, 0.6) is 0 Å². The Hall–Kier alpha value is -1.14. The number of carbonyl (C=O) groups excluding carboxylic acids is 2. The predicted octanol–water partition coefficient (Wildman–Crippen LogP) is 2.14. The molecule has 7 heteroatoms. The van der Waals surface area contributed by atoms with Gasteiger partial charge in [-0.15, -0.1) is 0 Å². The Morgan fingerprint density at radius 3 is 3.00 bits per heavy atom. The van der Waals surface area contributed by atoms with Crippen LogP contribution in [0.15, 0.2) is 6.20 Å². The molecule has 1 aliphatic heterocycles. The first kappa shape index (κ1) is 13.3. The van der Waals surface area contributed by atoms with Gasteiger partial charge in [0.2, 0.25) is 11.8 Å². The summed E-state index contributed by atoms with van der Waals surface area (Å²) >= 11 is 6.95. The van der Waals surface area contributed by atoms with Crippen LogP contribution in [-0.2, 0) is 9.59 Å². The zero-order valence-electron chi connectivity index (χ0n) is 9.98. The lowest BCUT2D eigenvalue weighted by atomic mass is 10.2. The molecular formula is C11H14ClN3O2S. The topological polar surface area (TPSA) is 62.3 Å². The second-order valence-corrected chi connectivity index (χ2v) is 5.74. The molecule has 1 atom stereocenters. The number of thiazole rings is 1. The Kier molecular flexibility index (Phi) is 4.19. The summed E-state index contributed by atoms with van der Waals surface area (Å²) in [4.78, 5) is 29.4. The van der Waals surface area contributed by atoms with Crippen molar-refractivity contribution in [3.63, 3.8) is 0 Å². The van der Waals surface area contributed by atoms with E-state index in [1.54, 1.807) is 4.90 Å². The van der Waals surface area contributed by atoms with Gasteiger partial charge in [-0.05, 0) is 12.8 Å². The van der Waals surface area contributed by atoms with Crippen LogP contribution in [0.4, 0.5) is 5.13 Å². The summed E-state index contributed by atoms with van der Waals surface area (Å²) in [6.07, 6.45) is 3.44. The molecule has 18 heavy (non-hydrogen) atoms. The van der Waals surface area contributed by atoms with E-state index in [1.807, 2.05) is 6.92 Å². The van der Waals surface area contributed by atoms with Crippen molar-refractivity contribution >= 4 is 39.9 Å². The molecule has 1 aromatic heterocycles. The SMILES string of the molecule is CC[C@H](C(=O)Nc1ncc(Cl)s1)N1CCCC1=O. The van der Waals surface area contributed by atoms with Gasteiger partial charge in [0, 0.05) is 13.0 Å². The normalized spacial score (nSPS) is 17.0. The molecule has 1 saturated heterocycles. The first-order valence-corrected chi connectivity index (χ1v) is 7.03. The van der Waals surface area contributed by atoms with Crippen LogP contribution in [0, 0.1) is 0 Å². The lowest BCUT2D eigenvalue weighted by Crippen LogP contribution is -2.44. The summed E-state index contributed by atoms with van der Waals surface area (Å²) in [5.74, 6) is -0.145. The Bertz CT molecular complexity index is 463. The molecule has 1 aliphatic rings. The van der Waals surface area contributed by atoms with Gasteiger partial charge in [0.05, 0.1) is 6.20 Å². The molecule has 0 radical (unpaired) electrons. The van der Waals surface area contributed by atoms with E-state index in [1.165, 1.54) is 17.5 Å². The van der Waals surface area contributed by atoms with E-state index in [0.717, 1.165) is 6.42 Å². The van der Waals surface area contributed by atoms with Gasteiger partial charge in [-0.1, -0.05) is 29.9 Å². The maximum atomic E-state index is 12.1. The summed E-state index contributed by atoms with van der Waals surface area (Å²) in [5.41, 5.74) is 0. The molecule has 2 heterocycles. The molecule has 0 saturated carbocycles. The predicted molar refractivity (Wildman–Crippen MR) is 70.8 cm³/mol. The van der Waals surface area contributed by atoms with Gasteiger partial charge in [0.1, 0.15) is 10.4 Å². The molecule has 2 rings (SSSR count). The fourth-order valence-corrected chi connectivity index (χ4v) is 2.86. The van der Waals surface area contributed by atoms with Crippen molar-refractivity contribution in [2.24, 2.45) is 0 Å². The smallest absolute Gasteiger partial charge is 0.248 e. The third-order valence-electron chi connectivity index (χ3n) is 2.88. The number of nitrogens with zero attached hydrogens (tertiary/aromatic N) is 2. The number of halogens is 1. The van der Waals surface area contributed by atoms with Crippen LogP contribution in [0.3, 0.4) is 0 Å². The first-order valence-electron chi connectivity index (χ1n) is 5.83. The third-order valence-corrected chi connectivity index (χ3v) is 3.91. The van der Waals surface area contributed by atoms with Crippen LogP contribution < -0.4 is 5.32 Å². The van der Waals surface area contributed by atoms with Gasteiger partial charge >= 0.3 is 0 Å². The third kappa shape index (κ3) is 2.81. The highest BCUT2D eigenvalue weighted by molar-refractivity contribution is 7.19. The van der Waals surface area contributed by atoms with Crippen molar-refractivity contribution in [1.29, 1.82) is 0 Å². The van der Waals surface area contributed by atoms with Crippen LogP contribution in [-0.4, -0.2) is 34.3 Å². The van der Waals surface area contributed by atoms with Crippen molar-refractivity contribution in [3.8, 4) is 0 Å². The van der Waals surface area contributed by atoms with Gasteiger partial charge in [-0.2, -0.15) is 0 Å². The number of nitrogens with one attached hydrogen (secondary N) is 1. The molecule has 0 aliphatic carbocycles. The molecule has 0 aromatic carbocycles. The number of aromatic nitrogens is 1.